The Balaban J connectivity index is 2.14. The van der Waals surface area contributed by atoms with E-state index in [9.17, 15) is 18.0 Å². The predicted octanol–water partition coefficient (Wildman–Crippen LogP) is 4.73. The van der Waals surface area contributed by atoms with Gasteiger partial charge < -0.3 is 0 Å². The Morgan fingerprint density at radius 3 is 2.27 bits per heavy atom. The number of halogens is 3. The number of fused-ring (bicyclic) bond motifs is 1. The minimum atomic E-state index is -4.39. The summed E-state index contributed by atoms with van der Waals surface area (Å²) in [6.07, 6.45) is -3.73. The van der Waals surface area contributed by atoms with Gasteiger partial charge in [-0.05, 0) is 24.3 Å². The van der Waals surface area contributed by atoms with Gasteiger partial charge in [0.15, 0.2) is 6.29 Å². The van der Waals surface area contributed by atoms with Crippen molar-refractivity contribution in [1.29, 1.82) is 0 Å². The normalized spacial score (nSPS) is 11.6. The van der Waals surface area contributed by atoms with Gasteiger partial charge in [0.1, 0.15) is 0 Å². The lowest BCUT2D eigenvalue weighted by molar-refractivity contribution is -0.137. The number of nitrogens with zero attached hydrogens (tertiary/aromatic N) is 1. The summed E-state index contributed by atoms with van der Waals surface area (Å²) in [5.41, 5.74) is 1.15. The molecule has 0 N–H and O–H groups in total. The van der Waals surface area contributed by atoms with Crippen molar-refractivity contribution < 1.29 is 18.0 Å². The summed E-state index contributed by atoms with van der Waals surface area (Å²) in [4.78, 5) is 15.6. The fourth-order valence-electron chi connectivity index (χ4n) is 2.27. The van der Waals surface area contributed by atoms with Crippen LogP contribution >= 0.6 is 0 Å². The molecule has 3 rings (SSSR count). The third kappa shape index (κ3) is 2.57. The first-order valence-corrected chi connectivity index (χ1v) is 6.51. The molecule has 0 aliphatic heterocycles. The number of aromatic nitrogens is 1. The van der Waals surface area contributed by atoms with Gasteiger partial charge in [-0.3, -0.25) is 4.79 Å². The molecule has 0 saturated carbocycles. The van der Waals surface area contributed by atoms with Gasteiger partial charge in [-0.2, -0.15) is 13.2 Å². The molecule has 0 atom stereocenters. The third-order valence-corrected chi connectivity index (χ3v) is 3.37. The van der Waals surface area contributed by atoms with Crippen LogP contribution in [0.25, 0.3) is 22.2 Å². The van der Waals surface area contributed by atoms with Crippen LogP contribution in [-0.2, 0) is 6.18 Å². The molecule has 1 heterocycles. The Labute approximate surface area is 124 Å². The van der Waals surface area contributed by atoms with Gasteiger partial charge in [0.05, 0.1) is 16.8 Å². The largest absolute Gasteiger partial charge is 0.416 e. The number of benzene rings is 2. The number of aldehydes is 1. The lowest BCUT2D eigenvalue weighted by atomic mass is 10.0. The lowest BCUT2D eigenvalue weighted by Gasteiger charge is -2.09. The number of para-hydroxylation sites is 1. The van der Waals surface area contributed by atoms with Crippen molar-refractivity contribution in [1.82, 2.24) is 4.98 Å². The Bertz CT molecular complexity index is 839. The number of alkyl halides is 3. The Morgan fingerprint density at radius 2 is 1.64 bits per heavy atom. The van der Waals surface area contributed by atoms with Crippen molar-refractivity contribution in [3.63, 3.8) is 0 Å². The number of hydrogen-bond donors (Lipinski definition) is 0. The van der Waals surface area contributed by atoms with E-state index in [2.05, 4.69) is 4.98 Å². The number of pyridine rings is 1. The van der Waals surface area contributed by atoms with Crippen LogP contribution in [0.5, 0.6) is 0 Å². The van der Waals surface area contributed by atoms with E-state index in [0.29, 0.717) is 28.6 Å². The van der Waals surface area contributed by atoms with E-state index >= 15 is 0 Å². The van der Waals surface area contributed by atoms with Crippen LogP contribution in [0, 0.1) is 0 Å². The van der Waals surface area contributed by atoms with Gasteiger partial charge >= 0.3 is 6.18 Å². The summed E-state index contributed by atoms with van der Waals surface area (Å²) >= 11 is 0. The van der Waals surface area contributed by atoms with Crippen molar-refractivity contribution in [2.45, 2.75) is 6.18 Å². The third-order valence-electron chi connectivity index (χ3n) is 3.37. The number of carbonyl (C=O) groups is 1. The molecule has 0 unspecified atom stereocenters. The summed E-state index contributed by atoms with van der Waals surface area (Å²) in [6.45, 7) is 0. The molecule has 3 aromatic rings. The number of carbonyl (C=O) groups excluding carboxylic acids is 1. The van der Waals surface area contributed by atoms with E-state index in [1.807, 2.05) is 18.2 Å². The second-order valence-electron chi connectivity index (χ2n) is 4.81. The first kappa shape index (κ1) is 14.3. The van der Waals surface area contributed by atoms with Crippen molar-refractivity contribution in [3.05, 3.63) is 65.7 Å². The van der Waals surface area contributed by atoms with E-state index in [1.165, 1.54) is 12.1 Å². The molecule has 110 valence electrons. The van der Waals surface area contributed by atoms with Gasteiger partial charge in [-0.15, -0.1) is 0 Å². The molecule has 5 heteroatoms. The molecule has 2 aromatic carbocycles. The molecule has 2 nitrogen and oxygen atoms in total. The molecule has 0 saturated heterocycles. The molecule has 0 aliphatic carbocycles. The van der Waals surface area contributed by atoms with E-state index in [-0.39, 0.29) is 0 Å². The quantitative estimate of drug-likeness (QED) is 0.640. The predicted molar refractivity (Wildman–Crippen MR) is 77.6 cm³/mol. The Morgan fingerprint density at radius 1 is 0.955 bits per heavy atom. The topological polar surface area (TPSA) is 30.0 Å². The van der Waals surface area contributed by atoms with Crippen LogP contribution in [0.4, 0.5) is 13.2 Å². The van der Waals surface area contributed by atoms with Gasteiger partial charge in [-0.25, -0.2) is 4.98 Å². The Kier molecular flexibility index (Phi) is 3.41. The molecule has 0 fully saturated rings. The molecule has 0 amide bonds. The molecule has 1 aromatic heterocycles. The van der Waals surface area contributed by atoms with E-state index in [0.717, 1.165) is 17.5 Å². The van der Waals surface area contributed by atoms with Crippen LogP contribution < -0.4 is 0 Å². The van der Waals surface area contributed by atoms with E-state index < -0.39 is 11.7 Å². The first-order chi connectivity index (χ1) is 10.5. The van der Waals surface area contributed by atoms with Crippen molar-refractivity contribution in [2.24, 2.45) is 0 Å². The van der Waals surface area contributed by atoms with Crippen molar-refractivity contribution >= 4 is 17.2 Å². The second-order valence-corrected chi connectivity index (χ2v) is 4.81. The number of rotatable bonds is 2. The smallest absolute Gasteiger partial charge is 0.298 e. The highest BCUT2D eigenvalue weighted by Gasteiger charge is 2.30. The van der Waals surface area contributed by atoms with Gasteiger partial charge in [0.2, 0.25) is 0 Å². The SMILES string of the molecule is O=Cc1cc2ccccc2nc1-c1ccc(C(F)(F)F)cc1. The highest BCUT2D eigenvalue weighted by molar-refractivity contribution is 5.93. The molecule has 0 aliphatic rings. The van der Waals surface area contributed by atoms with Crippen LogP contribution in [-0.4, -0.2) is 11.3 Å². The van der Waals surface area contributed by atoms with Crippen LogP contribution in [0.2, 0.25) is 0 Å². The molecule has 22 heavy (non-hydrogen) atoms. The van der Waals surface area contributed by atoms with Gasteiger partial charge in [0.25, 0.3) is 0 Å². The molecular weight excluding hydrogens is 291 g/mol. The van der Waals surface area contributed by atoms with Gasteiger partial charge in [0, 0.05) is 16.5 Å². The average molecular weight is 301 g/mol. The molecular formula is C17H10F3NO. The summed E-state index contributed by atoms with van der Waals surface area (Å²) in [6, 6.07) is 13.6. The van der Waals surface area contributed by atoms with E-state index in [4.69, 9.17) is 0 Å². The van der Waals surface area contributed by atoms with Crippen LogP contribution in [0.3, 0.4) is 0 Å². The first-order valence-electron chi connectivity index (χ1n) is 6.51. The molecule has 0 bridgehead atoms. The lowest BCUT2D eigenvalue weighted by Crippen LogP contribution is -2.04. The zero-order valence-electron chi connectivity index (χ0n) is 11.3. The minimum absolute atomic E-state index is 0.346. The standard InChI is InChI=1S/C17H10F3NO/c18-17(19,20)14-7-5-11(6-8-14)16-13(10-22)9-12-3-1-2-4-15(12)21-16/h1-10H. The summed E-state index contributed by atoms with van der Waals surface area (Å²) in [7, 11) is 0. The minimum Gasteiger partial charge on any atom is -0.298 e. The van der Waals surface area contributed by atoms with Crippen molar-refractivity contribution in [2.75, 3.05) is 0 Å². The van der Waals surface area contributed by atoms with Crippen LogP contribution in [0.15, 0.2) is 54.6 Å². The Hall–Kier alpha value is -2.69. The van der Waals surface area contributed by atoms with E-state index in [1.54, 1.807) is 12.1 Å². The van der Waals surface area contributed by atoms with Crippen molar-refractivity contribution in [3.8, 4) is 11.3 Å². The second kappa shape index (κ2) is 5.26. The summed E-state index contributed by atoms with van der Waals surface area (Å²) < 4.78 is 37.8. The zero-order valence-corrected chi connectivity index (χ0v) is 11.3. The maximum atomic E-state index is 12.6. The molecule has 0 spiro atoms. The zero-order chi connectivity index (χ0) is 15.7. The fourth-order valence-corrected chi connectivity index (χ4v) is 2.27. The molecule has 0 radical (unpaired) electrons. The fraction of sp³-hybridized carbons (Fsp3) is 0.0588. The highest BCUT2D eigenvalue weighted by atomic mass is 19.4. The summed E-state index contributed by atoms with van der Waals surface area (Å²) in [5, 5.41) is 0.806. The number of hydrogen-bond acceptors (Lipinski definition) is 2. The average Bonchev–Trinajstić information content (AvgIpc) is 2.53. The monoisotopic (exact) mass is 301 g/mol. The van der Waals surface area contributed by atoms with Gasteiger partial charge in [-0.1, -0.05) is 30.3 Å². The maximum Gasteiger partial charge on any atom is 0.416 e. The highest BCUT2D eigenvalue weighted by Crippen LogP contribution is 2.31. The summed E-state index contributed by atoms with van der Waals surface area (Å²) in [5.74, 6) is 0. The maximum absolute atomic E-state index is 12.6. The van der Waals surface area contributed by atoms with Crippen LogP contribution in [0.1, 0.15) is 15.9 Å².